The number of benzene rings is 1. The first-order chi connectivity index (χ1) is 9.61. The summed E-state index contributed by atoms with van der Waals surface area (Å²) in [5, 5.41) is 10.3. The van der Waals surface area contributed by atoms with Crippen LogP contribution in [0.5, 0.6) is 5.75 Å². The highest BCUT2D eigenvalue weighted by atomic mass is 16.5. The van der Waals surface area contributed by atoms with Crippen molar-refractivity contribution in [2.75, 3.05) is 0 Å². The normalized spacial score (nSPS) is 15.6. The van der Waals surface area contributed by atoms with Crippen LogP contribution >= 0.6 is 0 Å². The molecule has 0 saturated carbocycles. The summed E-state index contributed by atoms with van der Waals surface area (Å²) in [6.07, 6.45) is 1.75. The standard InChI is InChI=1S/C19H28O2/c1-7-15(2)14-19(6,20)13-12-16-8-10-17(11-9-16)21-18(3,4)5/h8-11,15,20H,7,14H2,1-6H3. The Kier molecular flexibility index (Phi) is 5.87. The fourth-order valence-electron chi connectivity index (χ4n) is 2.04. The molecule has 0 saturated heterocycles. The smallest absolute Gasteiger partial charge is 0.123 e. The van der Waals surface area contributed by atoms with Crippen molar-refractivity contribution >= 4 is 0 Å². The summed E-state index contributed by atoms with van der Waals surface area (Å²) in [4.78, 5) is 0. The first-order valence-corrected chi connectivity index (χ1v) is 7.66. The van der Waals surface area contributed by atoms with E-state index in [0.717, 1.165) is 17.7 Å². The molecule has 0 aliphatic carbocycles. The summed E-state index contributed by atoms with van der Waals surface area (Å²) >= 11 is 0. The van der Waals surface area contributed by atoms with Crippen LogP contribution in [0.2, 0.25) is 0 Å². The van der Waals surface area contributed by atoms with Crippen molar-refractivity contribution in [2.24, 2.45) is 5.92 Å². The largest absolute Gasteiger partial charge is 0.488 e. The zero-order valence-corrected chi connectivity index (χ0v) is 14.2. The molecule has 2 unspecified atom stereocenters. The fourth-order valence-corrected chi connectivity index (χ4v) is 2.04. The molecule has 1 aromatic rings. The Hall–Kier alpha value is -1.46. The number of hydrogen-bond donors (Lipinski definition) is 1. The van der Waals surface area contributed by atoms with Gasteiger partial charge in [0.15, 0.2) is 0 Å². The van der Waals surface area contributed by atoms with Crippen LogP contribution < -0.4 is 4.74 Å². The molecule has 2 nitrogen and oxygen atoms in total. The minimum atomic E-state index is -0.935. The van der Waals surface area contributed by atoms with Gasteiger partial charge in [-0.1, -0.05) is 32.1 Å². The minimum absolute atomic E-state index is 0.201. The Bertz CT molecular complexity index is 495. The second-order valence-corrected chi connectivity index (χ2v) is 6.98. The molecule has 0 aromatic heterocycles. The lowest BCUT2D eigenvalue weighted by molar-refractivity contribution is 0.0939. The quantitative estimate of drug-likeness (QED) is 0.832. The molecule has 0 aliphatic rings. The molecule has 2 atom stereocenters. The minimum Gasteiger partial charge on any atom is -0.488 e. The van der Waals surface area contributed by atoms with E-state index in [4.69, 9.17) is 4.74 Å². The van der Waals surface area contributed by atoms with Gasteiger partial charge in [-0.05, 0) is 64.3 Å². The average Bonchev–Trinajstić information content (AvgIpc) is 2.35. The van der Waals surface area contributed by atoms with Crippen molar-refractivity contribution in [3.8, 4) is 17.6 Å². The topological polar surface area (TPSA) is 29.5 Å². The molecule has 0 bridgehead atoms. The van der Waals surface area contributed by atoms with Crippen molar-refractivity contribution in [3.05, 3.63) is 29.8 Å². The van der Waals surface area contributed by atoms with E-state index < -0.39 is 5.60 Å². The molecule has 0 aliphatic heterocycles. The SMILES string of the molecule is CCC(C)CC(C)(O)C#Cc1ccc(OC(C)(C)C)cc1. The fraction of sp³-hybridized carbons (Fsp3) is 0.579. The molecule has 21 heavy (non-hydrogen) atoms. The highest BCUT2D eigenvalue weighted by Crippen LogP contribution is 2.20. The molecule has 2 heteroatoms. The van der Waals surface area contributed by atoms with E-state index in [9.17, 15) is 5.11 Å². The van der Waals surface area contributed by atoms with Gasteiger partial charge in [0.25, 0.3) is 0 Å². The van der Waals surface area contributed by atoms with Gasteiger partial charge in [-0.15, -0.1) is 0 Å². The maximum atomic E-state index is 10.3. The van der Waals surface area contributed by atoms with E-state index >= 15 is 0 Å². The summed E-state index contributed by atoms with van der Waals surface area (Å²) in [6, 6.07) is 7.68. The van der Waals surface area contributed by atoms with Crippen molar-refractivity contribution < 1.29 is 9.84 Å². The van der Waals surface area contributed by atoms with Crippen LogP contribution in [0.15, 0.2) is 24.3 Å². The second-order valence-electron chi connectivity index (χ2n) is 6.98. The van der Waals surface area contributed by atoms with Crippen LogP contribution in [-0.4, -0.2) is 16.3 Å². The van der Waals surface area contributed by atoms with Gasteiger partial charge >= 0.3 is 0 Å². The molecule has 1 aromatic carbocycles. The molecule has 1 N–H and O–H groups in total. The predicted molar refractivity (Wildman–Crippen MR) is 88.4 cm³/mol. The van der Waals surface area contributed by atoms with Gasteiger partial charge in [0.2, 0.25) is 0 Å². The third kappa shape index (κ3) is 7.20. The van der Waals surface area contributed by atoms with E-state index in [2.05, 4.69) is 25.7 Å². The number of ether oxygens (including phenoxy) is 1. The average molecular weight is 288 g/mol. The zero-order chi connectivity index (χ0) is 16.1. The van der Waals surface area contributed by atoms with E-state index in [1.54, 1.807) is 6.92 Å². The van der Waals surface area contributed by atoms with Gasteiger partial charge in [-0.3, -0.25) is 0 Å². The van der Waals surface area contributed by atoms with Gasteiger partial charge in [0.05, 0.1) is 0 Å². The highest BCUT2D eigenvalue weighted by molar-refractivity contribution is 5.39. The Balaban J connectivity index is 2.74. The molecule has 0 heterocycles. The molecule has 0 radical (unpaired) electrons. The maximum absolute atomic E-state index is 10.3. The zero-order valence-electron chi connectivity index (χ0n) is 14.2. The van der Waals surface area contributed by atoms with Crippen LogP contribution in [0.3, 0.4) is 0 Å². The van der Waals surface area contributed by atoms with E-state index in [1.165, 1.54) is 0 Å². The van der Waals surface area contributed by atoms with Gasteiger partial charge in [0.1, 0.15) is 17.0 Å². The van der Waals surface area contributed by atoms with Crippen molar-refractivity contribution in [2.45, 2.75) is 65.6 Å². The van der Waals surface area contributed by atoms with Gasteiger partial charge in [0, 0.05) is 5.56 Å². The summed E-state index contributed by atoms with van der Waals surface area (Å²) in [5.41, 5.74) is -0.246. The van der Waals surface area contributed by atoms with Crippen molar-refractivity contribution in [3.63, 3.8) is 0 Å². The molecule has 0 spiro atoms. The van der Waals surface area contributed by atoms with Crippen LogP contribution in [-0.2, 0) is 0 Å². The molecular formula is C19H28O2. The summed E-state index contributed by atoms with van der Waals surface area (Å²) in [5.74, 6) is 7.32. The third-order valence-corrected chi connectivity index (χ3v) is 3.20. The van der Waals surface area contributed by atoms with Crippen molar-refractivity contribution in [1.82, 2.24) is 0 Å². The Morgan fingerprint density at radius 1 is 1.14 bits per heavy atom. The lowest BCUT2D eigenvalue weighted by Crippen LogP contribution is -2.24. The lowest BCUT2D eigenvalue weighted by Gasteiger charge is -2.21. The second kappa shape index (κ2) is 7.00. The molecule has 0 fully saturated rings. The van der Waals surface area contributed by atoms with E-state index in [0.29, 0.717) is 12.3 Å². The number of hydrogen-bond acceptors (Lipinski definition) is 2. The summed E-state index contributed by atoms with van der Waals surface area (Å²) in [6.45, 7) is 12.1. The first kappa shape index (κ1) is 17.6. The Morgan fingerprint density at radius 2 is 1.71 bits per heavy atom. The van der Waals surface area contributed by atoms with Crippen LogP contribution in [0.4, 0.5) is 0 Å². The first-order valence-electron chi connectivity index (χ1n) is 7.66. The number of aliphatic hydroxyl groups is 1. The molecule has 1 rings (SSSR count). The third-order valence-electron chi connectivity index (χ3n) is 3.20. The highest BCUT2D eigenvalue weighted by Gasteiger charge is 2.19. The molecular weight excluding hydrogens is 260 g/mol. The molecule has 0 amide bonds. The monoisotopic (exact) mass is 288 g/mol. The van der Waals surface area contributed by atoms with E-state index in [1.807, 2.05) is 45.0 Å². The van der Waals surface area contributed by atoms with Crippen LogP contribution in [0, 0.1) is 17.8 Å². The summed E-state index contributed by atoms with van der Waals surface area (Å²) in [7, 11) is 0. The van der Waals surface area contributed by atoms with Crippen LogP contribution in [0.25, 0.3) is 0 Å². The Morgan fingerprint density at radius 3 is 2.19 bits per heavy atom. The van der Waals surface area contributed by atoms with Gasteiger partial charge < -0.3 is 9.84 Å². The van der Waals surface area contributed by atoms with E-state index in [-0.39, 0.29) is 5.60 Å². The van der Waals surface area contributed by atoms with Gasteiger partial charge in [-0.2, -0.15) is 0 Å². The lowest BCUT2D eigenvalue weighted by atomic mass is 9.92. The van der Waals surface area contributed by atoms with Gasteiger partial charge in [-0.25, -0.2) is 0 Å². The summed E-state index contributed by atoms with van der Waals surface area (Å²) < 4.78 is 5.77. The maximum Gasteiger partial charge on any atom is 0.123 e. The Labute approximate surface area is 129 Å². The number of rotatable bonds is 4. The predicted octanol–water partition coefficient (Wildman–Crippen LogP) is 4.40. The molecule has 116 valence electrons. The van der Waals surface area contributed by atoms with Crippen molar-refractivity contribution in [1.29, 1.82) is 0 Å². The van der Waals surface area contributed by atoms with Crippen LogP contribution in [0.1, 0.15) is 59.9 Å².